The Morgan fingerprint density at radius 1 is 0.103 bits per heavy atom. The lowest BCUT2D eigenvalue weighted by Gasteiger charge is -2.33. The second-order valence-electron chi connectivity index (χ2n) is 39.3. The van der Waals surface area contributed by atoms with Crippen LogP contribution in [0.25, 0.3) is 122 Å². The first-order valence-corrected chi connectivity index (χ1v) is 51.1. The van der Waals surface area contributed by atoms with Crippen molar-refractivity contribution in [3.8, 4) is 122 Å². The second kappa shape index (κ2) is 38.8. The Balaban J connectivity index is 0.000000105. The minimum Gasteiger partial charge on any atom is -0.0622 e. The van der Waals surface area contributed by atoms with E-state index in [0.29, 0.717) is 0 Å². The molecule has 0 unspecified atom stereocenters. The van der Waals surface area contributed by atoms with Crippen LogP contribution in [0.3, 0.4) is 0 Å². The van der Waals surface area contributed by atoms with Gasteiger partial charge in [-0.2, -0.15) is 0 Å². The van der Waals surface area contributed by atoms with E-state index in [1.54, 1.807) is 0 Å². The molecule has 0 aromatic heterocycles. The van der Waals surface area contributed by atoms with E-state index < -0.39 is 0 Å². The molecule has 23 aromatic rings. The molecule has 146 heavy (non-hydrogen) atoms. The zero-order valence-electron chi connectivity index (χ0n) is 82.4. The van der Waals surface area contributed by atoms with Crippen LogP contribution in [0, 0.1) is 27.7 Å². The minimum atomic E-state index is -0.351. The third-order valence-electron chi connectivity index (χ3n) is 31.1. The molecule has 0 heterocycles. The normalized spacial score (nSPS) is 13.2. The summed E-state index contributed by atoms with van der Waals surface area (Å²) < 4.78 is 0. The molecular weight excluding hydrogens is 1750 g/mol. The van der Waals surface area contributed by atoms with Gasteiger partial charge in [-0.05, 0) is 293 Å². The molecule has 0 aliphatic heterocycles. The highest BCUT2D eigenvalue weighted by molar-refractivity contribution is 5.95. The number of fused-ring (bicyclic) bond motifs is 12. The number of aryl methyl sites for hydroxylation is 4. The van der Waals surface area contributed by atoms with E-state index >= 15 is 0 Å². The zero-order valence-corrected chi connectivity index (χ0v) is 82.4. The molecule has 0 atom stereocenters. The van der Waals surface area contributed by atoms with Gasteiger partial charge >= 0.3 is 0 Å². The Hall–Kier alpha value is -17.9. The SMILES string of the molecule is Cc1ccc(-c2cccc(-c3ccc4c(c3)-c3ccccc3C4(c3ccccc3)c3ccccc3)c2)cc1.Cc1cccc(-c2cccc(-c3ccc4c(c3)-c3ccccc3C4(c3ccccc3)c3ccccc3)c2)c1.Cc1ccccc1-c1ccc2c(c1)-c1ccccc1C2(c1ccccc1)c1ccccc1.Cc1ccccc1-c1cccc(-c2ccc3c(c2)-c2ccccc2C3(c2ccccc2)c2ccccc2)c1. The van der Waals surface area contributed by atoms with E-state index in [-0.39, 0.29) is 21.7 Å². The summed E-state index contributed by atoms with van der Waals surface area (Å²) in [6, 6.07) is 213. The smallest absolute Gasteiger partial charge is 0.0622 e. The molecule has 0 saturated carbocycles. The molecule has 692 valence electrons. The standard InChI is InChI=1S/3C38H28.C32H24/c1-27-12-10-13-28(24-27)29-14-11-15-30(25-29)31-22-23-37-35(26-31)34-20-8-9-21-36(34)38(37,32-16-4-2-5-17-32)33-18-6-3-7-19-33;1-27-13-8-9-20-33(27)30-15-12-14-28(25-30)29-23-24-37-35(26-29)34-21-10-11-22-36(34)38(37,31-16-4-2-5-17-31)32-18-6-3-7-19-32;1-27-19-21-28(22-20-27)29-11-10-12-30(25-29)31-23-24-37-35(26-31)34-17-8-9-18-36(34)38(37,32-13-4-2-5-14-32)33-15-6-3-7-16-33;1-23-12-8-9-17-27(23)24-20-21-31-29(22-24)28-18-10-11-19-30(28)32(31,25-13-4-2-5-14-25)26-15-6-3-7-16-26/h3*2-26H,1H3;2-22H,1H3. The largest absolute Gasteiger partial charge is 0.0713 e. The predicted octanol–water partition coefficient (Wildman–Crippen LogP) is 37.1. The molecule has 0 N–H and O–H groups in total. The highest BCUT2D eigenvalue weighted by atomic mass is 14.5. The maximum atomic E-state index is 2.40. The van der Waals surface area contributed by atoms with E-state index in [2.05, 4.69) is 610 Å². The van der Waals surface area contributed by atoms with Crippen LogP contribution in [0.15, 0.2) is 582 Å². The van der Waals surface area contributed by atoms with Crippen LogP contribution in [0.2, 0.25) is 0 Å². The third-order valence-corrected chi connectivity index (χ3v) is 31.1. The van der Waals surface area contributed by atoms with Gasteiger partial charge in [-0.3, -0.25) is 0 Å². The summed E-state index contributed by atoms with van der Waals surface area (Å²) in [5, 5.41) is 0. The molecule has 27 rings (SSSR count). The fraction of sp³-hybridized carbons (Fsp3) is 0.0548. The number of benzene rings is 23. The summed E-state index contributed by atoms with van der Waals surface area (Å²) in [6.45, 7) is 8.65. The average molecular weight is 1860 g/mol. The van der Waals surface area contributed by atoms with Gasteiger partial charge in [-0.15, -0.1) is 0 Å². The Kier molecular flexibility index (Phi) is 24.1. The summed E-state index contributed by atoms with van der Waals surface area (Å²) in [7, 11) is 0. The van der Waals surface area contributed by atoms with Crippen LogP contribution in [0.4, 0.5) is 0 Å². The lowest BCUT2D eigenvalue weighted by Crippen LogP contribution is -2.28. The minimum absolute atomic E-state index is 0.321. The molecule has 23 aromatic carbocycles. The maximum Gasteiger partial charge on any atom is 0.0713 e. The predicted molar refractivity (Wildman–Crippen MR) is 612 cm³/mol. The van der Waals surface area contributed by atoms with E-state index in [1.807, 2.05) is 0 Å². The van der Waals surface area contributed by atoms with Crippen molar-refractivity contribution in [1.29, 1.82) is 0 Å². The van der Waals surface area contributed by atoms with Gasteiger partial charge in [0.15, 0.2) is 0 Å². The topological polar surface area (TPSA) is 0 Å². The van der Waals surface area contributed by atoms with Gasteiger partial charge in [-0.25, -0.2) is 0 Å². The van der Waals surface area contributed by atoms with Gasteiger partial charge in [0, 0.05) is 0 Å². The van der Waals surface area contributed by atoms with Crippen molar-refractivity contribution in [3.63, 3.8) is 0 Å². The van der Waals surface area contributed by atoms with E-state index in [1.165, 1.54) is 234 Å². The molecule has 0 heteroatoms. The number of rotatable bonds is 15. The second-order valence-corrected chi connectivity index (χ2v) is 39.3. The van der Waals surface area contributed by atoms with Crippen LogP contribution in [0.5, 0.6) is 0 Å². The van der Waals surface area contributed by atoms with Crippen LogP contribution in [0.1, 0.15) is 111 Å². The molecule has 0 amide bonds. The number of hydrogen-bond acceptors (Lipinski definition) is 0. The Morgan fingerprint density at radius 3 is 0.562 bits per heavy atom. The van der Waals surface area contributed by atoms with Crippen LogP contribution in [-0.2, 0) is 21.7 Å². The first-order valence-electron chi connectivity index (χ1n) is 51.1. The van der Waals surface area contributed by atoms with Gasteiger partial charge in [0.05, 0.1) is 21.7 Å². The fourth-order valence-electron chi connectivity index (χ4n) is 24.5. The molecular formula is C146H108. The molecule has 0 nitrogen and oxygen atoms in total. The molecule has 0 saturated heterocycles. The van der Waals surface area contributed by atoms with Crippen LogP contribution >= 0.6 is 0 Å². The molecule has 0 bridgehead atoms. The summed E-state index contributed by atoms with van der Waals surface area (Å²) in [5.41, 5.74) is 53.0. The van der Waals surface area contributed by atoms with Crippen molar-refractivity contribution in [3.05, 3.63) is 694 Å². The molecule has 4 aliphatic carbocycles. The Morgan fingerprint density at radius 2 is 0.288 bits per heavy atom. The van der Waals surface area contributed by atoms with Crippen molar-refractivity contribution < 1.29 is 0 Å². The lowest BCUT2D eigenvalue weighted by molar-refractivity contribution is 0.768. The maximum absolute atomic E-state index is 2.40. The molecule has 0 spiro atoms. The van der Waals surface area contributed by atoms with E-state index in [4.69, 9.17) is 0 Å². The van der Waals surface area contributed by atoms with Crippen molar-refractivity contribution in [2.75, 3.05) is 0 Å². The fourth-order valence-corrected chi connectivity index (χ4v) is 24.5. The molecule has 0 radical (unpaired) electrons. The highest BCUT2D eigenvalue weighted by Gasteiger charge is 2.51. The van der Waals surface area contributed by atoms with Gasteiger partial charge in [0.2, 0.25) is 0 Å². The van der Waals surface area contributed by atoms with Crippen LogP contribution < -0.4 is 0 Å². The Bertz CT molecular complexity index is 8560. The van der Waals surface area contributed by atoms with Crippen molar-refractivity contribution in [1.82, 2.24) is 0 Å². The zero-order chi connectivity index (χ0) is 98.1. The third kappa shape index (κ3) is 15.7. The highest BCUT2D eigenvalue weighted by Crippen LogP contribution is 2.62. The first-order chi connectivity index (χ1) is 72.1. The van der Waals surface area contributed by atoms with Crippen molar-refractivity contribution >= 4 is 0 Å². The van der Waals surface area contributed by atoms with Gasteiger partial charge in [0.1, 0.15) is 0 Å². The quantitative estimate of drug-likeness (QED) is 0.0960. The van der Waals surface area contributed by atoms with E-state index in [0.717, 1.165) is 0 Å². The van der Waals surface area contributed by atoms with Crippen molar-refractivity contribution in [2.45, 2.75) is 49.4 Å². The van der Waals surface area contributed by atoms with Crippen molar-refractivity contribution in [2.24, 2.45) is 0 Å². The molecule has 0 fully saturated rings. The number of hydrogen-bond donors (Lipinski definition) is 0. The monoisotopic (exact) mass is 1860 g/mol. The summed E-state index contributed by atoms with van der Waals surface area (Å²) in [6.07, 6.45) is 0. The average Bonchev–Trinajstić information content (AvgIpc) is 1.55. The molecule has 4 aliphatic rings. The van der Waals surface area contributed by atoms with Gasteiger partial charge in [0.25, 0.3) is 0 Å². The van der Waals surface area contributed by atoms with Gasteiger partial charge in [-0.1, -0.05) is 551 Å². The Labute approximate surface area is 859 Å². The lowest BCUT2D eigenvalue weighted by atomic mass is 9.67. The van der Waals surface area contributed by atoms with Crippen LogP contribution in [-0.4, -0.2) is 0 Å². The van der Waals surface area contributed by atoms with Gasteiger partial charge < -0.3 is 0 Å². The van der Waals surface area contributed by atoms with E-state index in [9.17, 15) is 0 Å². The summed E-state index contributed by atoms with van der Waals surface area (Å²) in [5.74, 6) is 0. The first kappa shape index (κ1) is 90.6. The summed E-state index contributed by atoms with van der Waals surface area (Å²) >= 11 is 0. The summed E-state index contributed by atoms with van der Waals surface area (Å²) in [4.78, 5) is 0.